The maximum Gasteiger partial charge on any atom is 0.373 e. The Balaban J connectivity index is 3.06. The van der Waals surface area contributed by atoms with Crippen LogP contribution < -0.4 is 0 Å². The van der Waals surface area contributed by atoms with E-state index in [0.717, 1.165) is 4.05 Å². The van der Waals surface area contributed by atoms with Crippen LogP contribution in [0.2, 0.25) is 8.60 Å². The largest absolute Gasteiger partial charge is 0.373 e. The second-order valence-corrected chi connectivity index (χ2v) is 5.21. The standard InChI is InChI=1S/C4H9.C4H7.Mg/c2*1-3-4-2;/h3H,4H2,1-2H3;3-4H,1H2,2H3;. The Labute approximate surface area is 68.4 Å². The molecule has 0 aromatic carbocycles. The molecule has 0 spiro atoms. The molecule has 0 saturated carbocycles. The molecule has 50 valence electrons. The average Bonchev–Trinajstić information content (AvgIpc) is 1.89. The summed E-state index contributed by atoms with van der Waals surface area (Å²) in [4.78, 5) is 0. The van der Waals surface area contributed by atoms with E-state index in [1.807, 2.05) is 0 Å². The van der Waals surface area contributed by atoms with Gasteiger partial charge in [-0.25, -0.2) is 0 Å². The van der Waals surface area contributed by atoms with Crippen LogP contribution in [-0.4, -0.2) is 20.4 Å². The fourth-order valence-corrected chi connectivity index (χ4v) is 2.25. The van der Waals surface area contributed by atoms with E-state index >= 15 is 0 Å². The van der Waals surface area contributed by atoms with E-state index in [9.17, 15) is 0 Å². The Morgan fingerprint density at radius 1 is 1.56 bits per heavy atom. The van der Waals surface area contributed by atoms with Crippen LogP contribution in [0.5, 0.6) is 0 Å². The van der Waals surface area contributed by atoms with Crippen molar-refractivity contribution >= 4 is 20.4 Å². The molecule has 0 amide bonds. The Hall–Kier alpha value is 0.506. The molecule has 0 nitrogen and oxygen atoms in total. The number of hydrogen-bond acceptors (Lipinski definition) is 0. The van der Waals surface area contributed by atoms with Crippen molar-refractivity contribution in [2.45, 2.75) is 35.8 Å². The van der Waals surface area contributed by atoms with Crippen molar-refractivity contribution in [3.05, 3.63) is 12.2 Å². The third-order valence-electron chi connectivity index (χ3n) is 1.76. The van der Waals surface area contributed by atoms with Crippen LogP contribution >= 0.6 is 0 Å². The van der Waals surface area contributed by atoms with Crippen LogP contribution in [0.1, 0.15) is 27.2 Å². The van der Waals surface area contributed by atoms with Gasteiger partial charge in [-0.15, -0.1) is 14.7 Å². The predicted molar refractivity (Wildman–Crippen MR) is 45.1 cm³/mol. The highest BCUT2D eigenvalue weighted by Crippen LogP contribution is 2.07. The van der Waals surface area contributed by atoms with Crippen LogP contribution in [0.15, 0.2) is 12.2 Å². The van der Waals surface area contributed by atoms with Gasteiger partial charge in [0.05, 0.1) is 0 Å². The predicted octanol–water partition coefficient (Wildman–Crippen LogP) is 2.90. The summed E-state index contributed by atoms with van der Waals surface area (Å²) >= 11 is 0.238. The van der Waals surface area contributed by atoms with Gasteiger partial charge in [-0.3, -0.25) is 0 Å². The van der Waals surface area contributed by atoms with E-state index in [-0.39, 0.29) is 20.4 Å². The summed E-state index contributed by atoms with van der Waals surface area (Å²) in [5.41, 5.74) is 0. The van der Waals surface area contributed by atoms with Crippen molar-refractivity contribution in [1.82, 2.24) is 0 Å². The van der Waals surface area contributed by atoms with Gasteiger partial charge in [0, 0.05) is 0 Å². The van der Waals surface area contributed by atoms with Gasteiger partial charge in [0.15, 0.2) is 0 Å². The van der Waals surface area contributed by atoms with E-state index < -0.39 is 0 Å². The van der Waals surface area contributed by atoms with Crippen molar-refractivity contribution in [1.29, 1.82) is 0 Å². The smallest absolute Gasteiger partial charge is 0.137 e. The fraction of sp³-hybridized carbons (Fsp3) is 0.750. The highest BCUT2D eigenvalue weighted by molar-refractivity contribution is 6.38. The lowest BCUT2D eigenvalue weighted by molar-refractivity contribution is 0.868. The minimum atomic E-state index is 0.238. The molecular weight excluding hydrogens is 120 g/mol. The van der Waals surface area contributed by atoms with Crippen molar-refractivity contribution in [3.8, 4) is 0 Å². The zero-order valence-electron chi connectivity index (χ0n) is 6.85. The first kappa shape index (κ1) is 9.51. The highest BCUT2D eigenvalue weighted by Gasteiger charge is 2.00. The lowest BCUT2D eigenvalue weighted by Crippen LogP contribution is -1.95. The molecule has 9 heavy (non-hydrogen) atoms. The van der Waals surface area contributed by atoms with Crippen LogP contribution in [-0.2, 0) is 0 Å². The van der Waals surface area contributed by atoms with Crippen molar-refractivity contribution in [2.24, 2.45) is 0 Å². The Morgan fingerprint density at radius 3 is 2.67 bits per heavy atom. The van der Waals surface area contributed by atoms with Gasteiger partial charge in [-0.2, -0.15) is 0 Å². The molecular formula is C8H16Mg. The van der Waals surface area contributed by atoms with Crippen molar-refractivity contribution < 1.29 is 0 Å². The molecule has 0 bridgehead atoms. The highest BCUT2D eigenvalue weighted by atomic mass is 24.5. The van der Waals surface area contributed by atoms with E-state index in [4.69, 9.17) is 0 Å². The van der Waals surface area contributed by atoms with Gasteiger partial charge >= 0.3 is 20.4 Å². The second-order valence-electron chi connectivity index (χ2n) is 2.66. The molecule has 0 radical (unpaired) electrons. The number of rotatable bonds is 4. The van der Waals surface area contributed by atoms with Gasteiger partial charge in [-0.05, 0) is 6.92 Å². The lowest BCUT2D eigenvalue weighted by Gasteiger charge is -2.00. The molecule has 1 unspecified atom stereocenters. The summed E-state index contributed by atoms with van der Waals surface area (Å²) in [7, 11) is 0. The summed E-state index contributed by atoms with van der Waals surface area (Å²) in [6.07, 6.45) is 5.84. The fourth-order valence-electron chi connectivity index (χ4n) is 0.752. The molecule has 1 atom stereocenters. The van der Waals surface area contributed by atoms with Crippen LogP contribution in [0.4, 0.5) is 0 Å². The Kier molecular flexibility index (Phi) is 7.00. The summed E-state index contributed by atoms with van der Waals surface area (Å²) in [6, 6.07) is 0. The number of allylic oxidation sites excluding steroid dienone is 2. The summed E-state index contributed by atoms with van der Waals surface area (Å²) in [5.74, 6) is 0. The van der Waals surface area contributed by atoms with E-state index in [2.05, 4.69) is 32.9 Å². The molecule has 0 rings (SSSR count). The topological polar surface area (TPSA) is 0 Å². The second kappa shape index (κ2) is 6.62. The first-order valence-electron chi connectivity index (χ1n) is 3.92. The maximum absolute atomic E-state index is 2.37. The molecule has 0 aliphatic carbocycles. The summed E-state index contributed by atoms with van der Waals surface area (Å²) in [6.45, 7) is 6.76. The molecule has 0 fully saturated rings. The van der Waals surface area contributed by atoms with E-state index in [1.54, 1.807) is 0 Å². The monoisotopic (exact) mass is 136 g/mol. The summed E-state index contributed by atoms with van der Waals surface area (Å²) in [5, 5.41) is 0. The SMILES string of the molecule is CC=C[CH2][Mg][CH](C)CC. The van der Waals surface area contributed by atoms with Gasteiger partial charge in [0.25, 0.3) is 0 Å². The zero-order chi connectivity index (χ0) is 7.11. The molecule has 0 aliphatic rings. The van der Waals surface area contributed by atoms with Gasteiger partial charge in [0.1, 0.15) is 0 Å². The normalized spacial score (nSPS) is 13.7. The minimum Gasteiger partial charge on any atom is -0.137 e. The quantitative estimate of drug-likeness (QED) is 0.412. The molecule has 0 aromatic heterocycles. The zero-order valence-corrected chi connectivity index (χ0v) is 8.27. The molecule has 1 heteroatoms. The first-order chi connectivity index (χ1) is 4.31. The Bertz CT molecular complexity index is 76.6. The van der Waals surface area contributed by atoms with Crippen LogP contribution in [0.25, 0.3) is 0 Å². The third kappa shape index (κ3) is 6.39. The molecule has 0 N–H and O–H groups in total. The third-order valence-corrected chi connectivity index (χ3v) is 3.99. The maximum atomic E-state index is 2.37. The van der Waals surface area contributed by atoms with Crippen LogP contribution in [0.3, 0.4) is 0 Å². The van der Waals surface area contributed by atoms with Gasteiger partial charge < -0.3 is 0 Å². The molecule has 0 aromatic rings. The van der Waals surface area contributed by atoms with Crippen molar-refractivity contribution in [3.63, 3.8) is 0 Å². The molecule has 0 aliphatic heterocycles. The summed E-state index contributed by atoms with van der Waals surface area (Å²) < 4.78 is 2.44. The van der Waals surface area contributed by atoms with E-state index in [1.165, 1.54) is 11.0 Å². The average molecular weight is 137 g/mol. The van der Waals surface area contributed by atoms with Gasteiger partial charge in [0.2, 0.25) is 0 Å². The number of hydrogen-bond donors (Lipinski definition) is 0. The first-order valence-corrected chi connectivity index (χ1v) is 5.74. The van der Waals surface area contributed by atoms with Gasteiger partial charge in [-0.1, -0.05) is 26.3 Å². The van der Waals surface area contributed by atoms with E-state index in [0.29, 0.717) is 0 Å². The molecule has 0 saturated heterocycles. The van der Waals surface area contributed by atoms with Crippen molar-refractivity contribution in [2.75, 3.05) is 0 Å². The lowest BCUT2D eigenvalue weighted by atomic mass is 10.4. The minimum absolute atomic E-state index is 0.238. The van der Waals surface area contributed by atoms with Crippen LogP contribution in [0, 0.1) is 0 Å². The molecule has 0 heterocycles. The Morgan fingerprint density at radius 2 is 2.22 bits per heavy atom.